The van der Waals surface area contributed by atoms with Crippen LogP contribution < -0.4 is 5.32 Å². The zero-order valence-electron chi connectivity index (χ0n) is 14.2. The van der Waals surface area contributed by atoms with Crippen LogP contribution >= 0.6 is 11.3 Å². The van der Waals surface area contributed by atoms with Crippen LogP contribution in [0.15, 0.2) is 29.3 Å². The van der Waals surface area contributed by atoms with Crippen molar-refractivity contribution in [2.24, 2.45) is 4.99 Å². The molecule has 1 saturated heterocycles. The van der Waals surface area contributed by atoms with Crippen LogP contribution in [-0.4, -0.2) is 54.6 Å². The molecule has 2 aromatic rings. The number of likely N-dealkylation sites (N-methyl/N-ethyl adjacent to an activating group) is 1. The molecule has 0 unspecified atom stereocenters. The van der Waals surface area contributed by atoms with E-state index in [1.54, 1.807) is 13.0 Å². The van der Waals surface area contributed by atoms with Crippen molar-refractivity contribution in [2.75, 3.05) is 38.5 Å². The first-order valence-electron chi connectivity index (χ1n) is 8.25. The first-order chi connectivity index (χ1) is 12.0. The smallest absolute Gasteiger partial charge is 0.169 e. The van der Waals surface area contributed by atoms with Gasteiger partial charge in [-0.25, -0.2) is 9.38 Å². The first-order valence-corrected chi connectivity index (χ1v) is 9.07. The van der Waals surface area contributed by atoms with Crippen molar-refractivity contribution < 1.29 is 9.18 Å². The SMILES string of the molecule is CC(=O)c1cc2c(s1)Nc1ccc(F)cc1N=C2N1CCN(C)CC1. The second-order valence-corrected chi connectivity index (χ2v) is 7.47. The number of Topliss-reactive ketones (excluding diaryl/α,β-unsaturated/α-hetero) is 1. The summed E-state index contributed by atoms with van der Waals surface area (Å²) in [6.45, 7) is 5.17. The Balaban J connectivity index is 1.84. The number of ketones is 1. The van der Waals surface area contributed by atoms with Gasteiger partial charge in [0.05, 0.1) is 21.8 Å². The zero-order valence-corrected chi connectivity index (χ0v) is 15.0. The molecule has 1 aromatic heterocycles. The molecule has 7 heteroatoms. The highest BCUT2D eigenvalue weighted by Gasteiger charge is 2.26. The third kappa shape index (κ3) is 3.05. The molecule has 1 aromatic carbocycles. The van der Waals surface area contributed by atoms with Crippen molar-refractivity contribution in [3.63, 3.8) is 0 Å². The van der Waals surface area contributed by atoms with Gasteiger partial charge < -0.3 is 15.1 Å². The largest absolute Gasteiger partial charge is 0.353 e. The Morgan fingerprint density at radius 3 is 2.72 bits per heavy atom. The van der Waals surface area contributed by atoms with E-state index in [0.717, 1.165) is 48.3 Å². The van der Waals surface area contributed by atoms with Gasteiger partial charge in [-0.3, -0.25) is 4.79 Å². The number of carbonyl (C=O) groups excluding carboxylic acids is 1. The molecule has 1 fully saturated rings. The van der Waals surface area contributed by atoms with E-state index in [9.17, 15) is 9.18 Å². The van der Waals surface area contributed by atoms with E-state index < -0.39 is 0 Å². The molecule has 130 valence electrons. The summed E-state index contributed by atoms with van der Waals surface area (Å²) < 4.78 is 13.7. The van der Waals surface area contributed by atoms with E-state index in [1.807, 2.05) is 6.07 Å². The van der Waals surface area contributed by atoms with Crippen molar-refractivity contribution in [1.82, 2.24) is 9.80 Å². The average Bonchev–Trinajstić information content (AvgIpc) is 2.94. The number of halogens is 1. The summed E-state index contributed by atoms with van der Waals surface area (Å²) in [4.78, 5) is 21.8. The highest BCUT2D eigenvalue weighted by atomic mass is 32.1. The van der Waals surface area contributed by atoms with Gasteiger partial charge >= 0.3 is 0 Å². The van der Waals surface area contributed by atoms with Crippen LogP contribution in [0.25, 0.3) is 0 Å². The number of rotatable bonds is 1. The number of nitrogens with one attached hydrogen (secondary N) is 1. The highest BCUT2D eigenvalue weighted by Crippen LogP contribution is 2.39. The maximum Gasteiger partial charge on any atom is 0.169 e. The minimum atomic E-state index is -0.309. The monoisotopic (exact) mass is 358 g/mol. The molecular weight excluding hydrogens is 339 g/mol. The van der Waals surface area contributed by atoms with Crippen LogP contribution in [0.1, 0.15) is 22.2 Å². The number of carbonyl (C=O) groups is 1. The molecule has 5 nitrogen and oxygen atoms in total. The standard InChI is InChI=1S/C18H19FN4OS/c1-11(24)16-10-13-17(23-7-5-22(2)6-8-23)20-15-9-12(19)3-4-14(15)21-18(13)25-16/h3-4,9-10,21H,5-8H2,1-2H3. The summed E-state index contributed by atoms with van der Waals surface area (Å²) in [6.07, 6.45) is 0. The highest BCUT2D eigenvalue weighted by molar-refractivity contribution is 7.18. The molecule has 2 aliphatic heterocycles. The van der Waals surface area contributed by atoms with E-state index >= 15 is 0 Å². The van der Waals surface area contributed by atoms with Crippen LogP contribution in [0.3, 0.4) is 0 Å². The van der Waals surface area contributed by atoms with Crippen molar-refractivity contribution in [3.8, 4) is 0 Å². The number of hydrogen-bond donors (Lipinski definition) is 1. The quantitative estimate of drug-likeness (QED) is 0.793. The third-order valence-corrected chi connectivity index (χ3v) is 5.71. The fourth-order valence-corrected chi connectivity index (χ4v) is 4.04. The summed E-state index contributed by atoms with van der Waals surface area (Å²) in [5.74, 6) is 0.539. The summed E-state index contributed by atoms with van der Waals surface area (Å²) in [6, 6.07) is 6.45. The zero-order chi connectivity index (χ0) is 17.6. The molecule has 0 radical (unpaired) electrons. The lowest BCUT2D eigenvalue weighted by atomic mass is 10.2. The van der Waals surface area contributed by atoms with Gasteiger partial charge in [0.15, 0.2) is 5.78 Å². The predicted octanol–water partition coefficient (Wildman–Crippen LogP) is 3.47. The number of aliphatic imine (C=N–C) groups is 1. The molecular formula is C18H19FN4OS. The molecule has 0 atom stereocenters. The summed E-state index contributed by atoms with van der Waals surface area (Å²) in [5, 5.41) is 4.21. The van der Waals surface area contributed by atoms with Gasteiger partial charge in [0.1, 0.15) is 16.7 Å². The Morgan fingerprint density at radius 1 is 1.24 bits per heavy atom. The number of amidine groups is 1. The third-order valence-electron chi connectivity index (χ3n) is 4.56. The number of piperazine rings is 1. The Bertz CT molecular complexity index is 868. The lowest BCUT2D eigenvalue weighted by Gasteiger charge is -2.34. The summed E-state index contributed by atoms with van der Waals surface area (Å²) >= 11 is 1.42. The van der Waals surface area contributed by atoms with Crippen LogP contribution in [0.5, 0.6) is 0 Å². The molecule has 4 rings (SSSR count). The van der Waals surface area contributed by atoms with Crippen molar-refractivity contribution in [2.45, 2.75) is 6.92 Å². The summed E-state index contributed by atoms with van der Waals surface area (Å²) in [7, 11) is 2.10. The van der Waals surface area contributed by atoms with Crippen molar-refractivity contribution >= 4 is 39.3 Å². The van der Waals surface area contributed by atoms with Crippen LogP contribution in [0.4, 0.5) is 20.8 Å². The van der Waals surface area contributed by atoms with Gasteiger partial charge in [0, 0.05) is 32.2 Å². The van der Waals surface area contributed by atoms with E-state index in [0.29, 0.717) is 10.6 Å². The second kappa shape index (κ2) is 6.24. The maximum atomic E-state index is 13.7. The van der Waals surface area contributed by atoms with Crippen molar-refractivity contribution in [1.29, 1.82) is 0 Å². The number of benzene rings is 1. The van der Waals surface area contributed by atoms with Crippen LogP contribution in [-0.2, 0) is 0 Å². The normalized spacial score (nSPS) is 17.2. The maximum absolute atomic E-state index is 13.7. The van der Waals surface area contributed by atoms with E-state index in [1.165, 1.54) is 23.5 Å². The number of fused-ring (bicyclic) bond motifs is 2. The number of anilines is 2. The molecule has 0 spiro atoms. The van der Waals surface area contributed by atoms with Gasteiger partial charge in [0.2, 0.25) is 0 Å². The second-order valence-electron chi connectivity index (χ2n) is 6.42. The molecule has 0 saturated carbocycles. The Morgan fingerprint density at radius 2 is 2.00 bits per heavy atom. The Hall–Kier alpha value is -2.25. The average molecular weight is 358 g/mol. The van der Waals surface area contributed by atoms with Crippen LogP contribution in [0.2, 0.25) is 0 Å². The lowest BCUT2D eigenvalue weighted by molar-refractivity contribution is 0.102. The topological polar surface area (TPSA) is 47.9 Å². The summed E-state index contributed by atoms with van der Waals surface area (Å²) in [5.41, 5.74) is 2.25. The van der Waals surface area contributed by atoms with Crippen molar-refractivity contribution in [3.05, 3.63) is 40.5 Å². The van der Waals surface area contributed by atoms with Gasteiger partial charge in [0.25, 0.3) is 0 Å². The van der Waals surface area contributed by atoms with Gasteiger partial charge in [-0.15, -0.1) is 11.3 Å². The van der Waals surface area contributed by atoms with Gasteiger partial charge in [-0.1, -0.05) is 0 Å². The van der Waals surface area contributed by atoms with Gasteiger partial charge in [-0.2, -0.15) is 0 Å². The van der Waals surface area contributed by atoms with E-state index in [4.69, 9.17) is 4.99 Å². The molecule has 0 bridgehead atoms. The molecule has 1 N–H and O–H groups in total. The number of nitrogens with zero attached hydrogens (tertiary/aromatic N) is 3. The molecule has 0 amide bonds. The minimum absolute atomic E-state index is 0.0388. The Kier molecular flexibility index (Phi) is 4.05. The number of thiophene rings is 1. The fourth-order valence-electron chi connectivity index (χ4n) is 3.08. The Labute approximate surface area is 149 Å². The van der Waals surface area contributed by atoms with Gasteiger partial charge in [-0.05, 0) is 32.2 Å². The molecule has 25 heavy (non-hydrogen) atoms. The fraction of sp³-hybridized carbons (Fsp3) is 0.333. The van der Waals surface area contributed by atoms with E-state index in [2.05, 4.69) is 22.2 Å². The van der Waals surface area contributed by atoms with E-state index in [-0.39, 0.29) is 11.6 Å². The lowest BCUT2D eigenvalue weighted by Crippen LogP contribution is -2.47. The molecule has 0 aliphatic carbocycles. The minimum Gasteiger partial charge on any atom is -0.353 e. The molecule has 2 aliphatic rings. The van der Waals surface area contributed by atoms with Crippen LogP contribution in [0, 0.1) is 5.82 Å². The predicted molar refractivity (Wildman–Crippen MR) is 99.3 cm³/mol. The number of hydrogen-bond acceptors (Lipinski definition) is 6. The molecule has 3 heterocycles. The first kappa shape index (κ1) is 16.2.